The first-order valence-corrected chi connectivity index (χ1v) is 6.53. The first-order valence-electron chi connectivity index (χ1n) is 7.53. The summed E-state index contributed by atoms with van der Waals surface area (Å²) in [7, 11) is 1.65. The van der Waals surface area contributed by atoms with Crippen molar-refractivity contribution in [3.63, 3.8) is 0 Å². The van der Waals surface area contributed by atoms with Crippen molar-refractivity contribution in [2.24, 2.45) is 0 Å². The van der Waals surface area contributed by atoms with Crippen LogP contribution in [0, 0.1) is 0 Å². The lowest BCUT2D eigenvalue weighted by Gasteiger charge is -2.15. The highest BCUT2D eigenvalue weighted by Gasteiger charge is 2.05. The van der Waals surface area contributed by atoms with Crippen LogP contribution in [0.2, 0.25) is 0 Å². The van der Waals surface area contributed by atoms with Gasteiger partial charge in [0.1, 0.15) is 18.4 Å². The van der Waals surface area contributed by atoms with Gasteiger partial charge in [-0.3, -0.25) is 0 Å². The van der Waals surface area contributed by atoms with Crippen molar-refractivity contribution in [2.45, 2.75) is 32.4 Å². The van der Waals surface area contributed by atoms with E-state index in [1.807, 2.05) is 26.0 Å². The molecule has 0 fully saturated rings. The number of hydrogen-bond donors (Lipinski definition) is 2. The maximum absolute atomic E-state index is 9.88. The summed E-state index contributed by atoms with van der Waals surface area (Å²) in [6.07, 6.45) is -0.446. The Morgan fingerprint density at radius 1 is 1.32 bits per heavy atom. The molecular weight excluding hydrogens is 242 g/mol. The molecule has 1 unspecified atom stereocenters. The molecule has 0 aliphatic rings. The second-order valence-electron chi connectivity index (χ2n) is 4.69. The van der Waals surface area contributed by atoms with Crippen LogP contribution in [-0.2, 0) is 11.2 Å². The van der Waals surface area contributed by atoms with Crippen LogP contribution in [0.25, 0.3) is 0 Å². The maximum Gasteiger partial charge on any atom is 0.119 e. The second kappa shape index (κ2) is 8.91. The highest BCUT2D eigenvalue weighted by molar-refractivity contribution is 5.27. The van der Waals surface area contributed by atoms with Crippen molar-refractivity contribution < 1.29 is 17.3 Å². The standard InChI is InChI=1S/C15H25NO3/c1-12(2)16-10-14(17)11-19-15-6-4-13(5-7-15)8-9-18-3/h4-7,12,14,16-17H,8-11H2,1-3H3/i11D2. The molecule has 19 heavy (non-hydrogen) atoms. The number of ether oxygens (including phenoxy) is 2. The smallest absolute Gasteiger partial charge is 0.119 e. The Balaban J connectivity index is 2.57. The lowest BCUT2D eigenvalue weighted by atomic mass is 10.1. The van der Waals surface area contributed by atoms with E-state index in [-0.39, 0.29) is 12.6 Å². The molecule has 0 aliphatic heterocycles. The molecule has 1 atom stereocenters. The molecule has 0 radical (unpaired) electrons. The molecule has 108 valence electrons. The van der Waals surface area contributed by atoms with Crippen LogP contribution >= 0.6 is 0 Å². The molecule has 0 saturated heterocycles. The Labute approximate surface area is 118 Å². The summed E-state index contributed by atoms with van der Waals surface area (Å²) < 4.78 is 25.9. The summed E-state index contributed by atoms with van der Waals surface area (Å²) in [6, 6.07) is 7.30. The molecule has 1 rings (SSSR count). The van der Waals surface area contributed by atoms with Crippen LogP contribution in [0.1, 0.15) is 22.2 Å². The fourth-order valence-corrected chi connectivity index (χ4v) is 1.47. The Hall–Kier alpha value is -1.10. The zero-order valence-electron chi connectivity index (χ0n) is 13.8. The van der Waals surface area contributed by atoms with Crippen LogP contribution in [0.3, 0.4) is 0 Å². The fourth-order valence-electron chi connectivity index (χ4n) is 1.47. The first kappa shape index (κ1) is 12.9. The van der Waals surface area contributed by atoms with Crippen LogP contribution < -0.4 is 10.1 Å². The van der Waals surface area contributed by atoms with Crippen molar-refractivity contribution in [1.82, 2.24) is 5.32 Å². The summed E-state index contributed by atoms with van der Waals surface area (Å²) in [5.41, 5.74) is 1.09. The number of aliphatic hydroxyl groups is 1. The summed E-state index contributed by atoms with van der Waals surface area (Å²) in [6.45, 7) is 2.50. The molecule has 2 N–H and O–H groups in total. The third kappa shape index (κ3) is 7.15. The minimum atomic E-state index is -2.14. The largest absolute Gasteiger partial charge is 0.491 e. The molecule has 0 spiro atoms. The van der Waals surface area contributed by atoms with Gasteiger partial charge in [0.25, 0.3) is 0 Å². The molecule has 0 heterocycles. The lowest BCUT2D eigenvalue weighted by Crippen LogP contribution is -2.35. The second-order valence-corrected chi connectivity index (χ2v) is 4.69. The summed E-state index contributed by atoms with van der Waals surface area (Å²) in [5.74, 6) is 0.393. The van der Waals surface area contributed by atoms with Crippen molar-refractivity contribution in [2.75, 3.05) is 26.8 Å². The quantitative estimate of drug-likeness (QED) is 0.715. The van der Waals surface area contributed by atoms with Gasteiger partial charge < -0.3 is 19.9 Å². The molecule has 4 nitrogen and oxygen atoms in total. The molecule has 4 heteroatoms. The molecule has 1 aromatic carbocycles. The summed E-state index contributed by atoms with van der Waals surface area (Å²) >= 11 is 0. The number of nitrogens with one attached hydrogen (secondary N) is 1. The van der Waals surface area contributed by atoms with E-state index in [2.05, 4.69) is 5.32 Å². The van der Waals surface area contributed by atoms with Gasteiger partial charge in [-0.15, -0.1) is 0 Å². The van der Waals surface area contributed by atoms with Crippen molar-refractivity contribution in [1.29, 1.82) is 0 Å². The Morgan fingerprint density at radius 2 is 2.00 bits per heavy atom. The van der Waals surface area contributed by atoms with Crippen LogP contribution in [0.15, 0.2) is 24.3 Å². The molecule has 1 aromatic rings. The van der Waals surface area contributed by atoms with Crippen LogP contribution in [0.5, 0.6) is 5.75 Å². The number of benzene rings is 1. The van der Waals surface area contributed by atoms with E-state index in [4.69, 9.17) is 12.2 Å². The normalized spacial score (nSPS) is 15.0. The zero-order valence-corrected chi connectivity index (χ0v) is 11.8. The Bertz CT molecular complexity index is 410. The predicted octanol–water partition coefficient (Wildman–Crippen LogP) is 1.61. The predicted molar refractivity (Wildman–Crippen MR) is 76.7 cm³/mol. The van der Waals surface area contributed by atoms with Gasteiger partial charge in [-0.05, 0) is 24.1 Å². The van der Waals surface area contributed by atoms with Gasteiger partial charge in [0, 0.05) is 19.7 Å². The van der Waals surface area contributed by atoms with Crippen LogP contribution in [-0.4, -0.2) is 44.1 Å². The SMILES string of the molecule is [2H]C([2H])(Oc1ccc(CCOC)cc1)C(O)CNC(C)C. The van der Waals surface area contributed by atoms with E-state index in [9.17, 15) is 5.11 Å². The average Bonchev–Trinajstić information content (AvgIpc) is 2.43. The van der Waals surface area contributed by atoms with Gasteiger partial charge in [-0.25, -0.2) is 0 Å². The van der Waals surface area contributed by atoms with E-state index < -0.39 is 12.7 Å². The van der Waals surface area contributed by atoms with Crippen LogP contribution in [0.4, 0.5) is 0 Å². The molecule has 0 bridgehead atoms. The minimum Gasteiger partial charge on any atom is -0.491 e. The topological polar surface area (TPSA) is 50.7 Å². The lowest BCUT2D eigenvalue weighted by molar-refractivity contribution is 0.104. The van der Waals surface area contributed by atoms with E-state index in [0.29, 0.717) is 12.4 Å². The van der Waals surface area contributed by atoms with Gasteiger partial charge >= 0.3 is 0 Å². The molecular formula is C15H25NO3. The number of aliphatic hydroxyl groups excluding tert-OH is 1. The van der Waals surface area contributed by atoms with E-state index in [0.717, 1.165) is 12.0 Å². The summed E-state index contributed by atoms with van der Waals surface area (Å²) in [5, 5.41) is 12.9. The highest BCUT2D eigenvalue weighted by Crippen LogP contribution is 2.12. The minimum absolute atomic E-state index is 0.136. The van der Waals surface area contributed by atoms with Gasteiger partial charge in [0.15, 0.2) is 0 Å². The molecule has 0 saturated carbocycles. The van der Waals surface area contributed by atoms with Gasteiger partial charge in [0.05, 0.1) is 9.35 Å². The van der Waals surface area contributed by atoms with Gasteiger partial charge in [-0.1, -0.05) is 26.0 Å². The number of methoxy groups -OCH3 is 1. The van der Waals surface area contributed by atoms with Gasteiger partial charge in [0.2, 0.25) is 0 Å². The fraction of sp³-hybridized carbons (Fsp3) is 0.600. The average molecular weight is 269 g/mol. The molecule has 0 amide bonds. The van der Waals surface area contributed by atoms with E-state index >= 15 is 0 Å². The first-order chi connectivity index (χ1) is 9.85. The Morgan fingerprint density at radius 3 is 2.58 bits per heavy atom. The Kier molecular flexibility index (Phi) is 6.05. The van der Waals surface area contributed by atoms with E-state index in [1.54, 1.807) is 19.2 Å². The van der Waals surface area contributed by atoms with Gasteiger partial charge in [-0.2, -0.15) is 0 Å². The molecule has 0 aromatic heterocycles. The third-order valence-corrected chi connectivity index (χ3v) is 2.55. The van der Waals surface area contributed by atoms with Crippen molar-refractivity contribution in [3.05, 3.63) is 29.8 Å². The number of rotatable bonds is 9. The monoisotopic (exact) mass is 269 g/mol. The maximum atomic E-state index is 9.88. The number of hydrogen-bond acceptors (Lipinski definition) is 4. The highest BCUT2D eigenvalue weighted by atomic mass is 16.5. The van der Waals surface area contributed by atoms with E-state index in [1.165, 1.54) is 0 Å². The zero-order chi connectivity index (χ0) is 15.9. The van der Waals surface area contributed by atoms with Crippen molar-refractivity contribution in [3.8, 4) is 5.75 Å². The molecule has 0 aliphatic carbocycles. The summed E-state index contributed by atoms with van der Waals surface area (Å²) in [4.78, 5) is 0. The third-order valence-electron chi connectivity index (χ3n) is 2.55. The van der Waals surface area contributed by atoms with Crippen molar-refractivity contribution >= 4 is 0 Å².